The fourth-order valence-electron chi connectivity index (χ4n) is 2.08. The molecular weight excluding hydrogens is 289 g/mol. The molecule has 1 aliphatic rings. The Morgan fingerprint density at radius 1 is 1.00 bits per heavy atom. The summed E-state index contributed by atoms with van der Waals surface area (Å²) in [6, 6.07) is 6.80. The van der Waals surface area contributed by atoms with Crippen LogP contribution in [0, 0.1) is 0 Å². The predicted octanol–water partition coefficient (Wildman–Crippen LogP) is 1.24. The minimum absolute atomic E-state index is 0.216. The first-order valence-electron chi connectivity index (χ1n) is 6.86. The van der Waals surface area contributed by atoms with E-state index >= 15 is 0 Å². The molecule has 0 atom stereocenters. The predicted molar refractivity (Wildman–Crippen MR) is 83.0 cm³/mol. The van der Waals surface area contributed by atoms with Gasteiger partial charge in [0.25, 0.3) is 0 Å². The van der Waals surface area contributed by atoms with Crippen molar-refractivity contribution in [2.45, 2.75) is 43.8 Å². The topological polar surface area (TPSA) is 55.8 Å². The summed E-state index contributed by atoms with van der Waals surface area (Å²) in [5.74, 6) is 0. The lowest BCUT2D eigenvalue weighted by molar-refractivity contribution is 0.00578. The first kappa shape index (κ1) is 16.5. The maximum absolute atomic E-state index is 12.4. The van der Waals surface area contributed by atoms with Crippen LogP contribution < -0.4 is 5.46 Å². The SMILES string of the molecule is CN(C)S(=O)(=O)c1ccccc1B1OC(C)(C)C(C)(C)O1. The van der Waals surface area contributed by atoms with Crippen LogP contribution in [0.25, 0.3) is 0 Å². The van der Waals surface area contributed by atoms with Gasteiger partial charge in [0, 0.05) is 19.6 Å². The van der Waals surface area contributed by atoms with E-state index in [9.17, 15) is 8.42 Å². The third-order valence-electron chi connectivity index (χ3n) is 4.18. The number of hydrogen-bond donors (Lipinski definition) is 0. The average Bonchev–Trinajstić information content (AvgIpc) is 2.58. The second-order valence-electron chi connectivity index (χ2n) is 6.41. The second-order valence-corrected chi connectivity index (χ2v) is 8.53. The van der Waals surface area contributed by atoms with Gasteiger partial charge < -0.3 is 9.31 Å². The van der Waals surface area contributed by atoms with Crippen molar-refractivity contribution in [2.24, 2.45) is 0 Å². The fourth-order valence-corrected chi connectivity index (χ4v) is 3.18. The minimum atomic E-state index is -3.55. The van der Waals surface area contributed by atoms with Crippen LogP contribution in [0.1, 0.15) is 27.7 Å². The van der Waals surface area contributed by atoms with E-state index in [4.69, 9.17) is 9.31 Å². The van der Waals surface area contributed by atoms with Crippen molar-refractivity contribution in [2.75, 3.05) is 14.1 Å². The van der Waals surface area contributed by atoms with E-state index < -0.39 is 28.3 Å². The van der Waals surface area contributed by atoms with Crippen LogP contribution in [-0.4, -0.2) is 45.1 Å². The summed E-state index contributed by atoms with van der Waals surface area (Å²) in [5.41, 5.74) is -0.482. The first-order valence-corrected chi connectivity index (χ1v) is 8.30. The van der Waals surface area contributed by atoms with Gasteiger partial charge in [0.2, 0.25) is 10.0 Å². The summed E-state index contributed by atoms with van der Waals surface area (Å²) in [5, 5.41) is 0. The molecule has 1 heterocycles. The molecular formula is C14H22BNO4S. The molecule has 0 spiro atoms. The smallest absolute Gasteiger partial charge is 0.399 e. The first-order chi connectivity index (χ1) is 9.49. The van der Waals surface area contributed by atoms with E-state index in [1.54, 1.807) is 24.3 Å². The third kappa shape index (κ3) is 2.75. The number of benzene rings is 1. The molecule has 0 N–H and O–H groups in total. The summed E-state index contributed by atoms with van der Waals surface area (Å²) < 4.78 is 38.0. The zero-order valence-electron chi connectivity index (χ0n) is 13.4. The van der Waals surface area contributed by atoms with Gasteiger partial charge in [-0.3, -0.25) is 0 Å². The summed E-state index contributed by atoms with van der Waals surface area (Å²) >= 11 is 0. The lowest BCUT2D eigenvalue weighted by atomic mass is 9.79. The van der Waals surface area contributed by atoms with E-state index in [1.807, 2.05) is 27.7 Å². The van der Waals surface area contributed by atoms with Gasteiger partial charge >= 0.3 is 7.12 Å². The van der Waals surface area contributed by atoms with Gasteiger partial charge in [0.1, 0.15) is 0 Å². The molecule has 1 aromatic carbocycles. The molecule has 0 saturated carbocycles. The summed E-state index contributed by atoms with van der Waals surface area (Å²) in [7, 11) is -1.22. The number of rotatable bonds is 3. The maximum Gasteiger partial charge on any atom is 0.496 e. The Bertz CT molecular complexity index is 624. The highest BCUT2D eigenvalue weighted by Crippen LogP contribution is 2.36. The van der Waals surface area contributed by atoms with Crippen LogP contribution >= 0.6 is 0 Å². The zero-order chi connectivity index (χ0) is 16.1. The maximum atomic E-state index is 12.4. The van der Waals surface area contributed by atoms with Gasteiger partial charge in [-0.15, -0.1) is 0 Å². The second kappa shape index (κ2) is 5.09. The van der Waals surface area contributed by atoms with Crippen molar-refractivity contribution in [1.82, 2.24) is 4.31 Å². The van der Waals surface area contributed by atoms with E-state index in [1.165, 1.54) is 18.4 Å². The third-order valence-corrected chi connectivity index (χ3v) is 6.07. The monoisotopic (exact) mass is 311 g/mol. The van der Waals surface area contributed by atoms with E-state index in [-0.39, 0.29) is 4.90 Å². The standard InChI is InChI=1S/C14H22BNO4S/c1-13(2)14(3,4)20-15(19-13)11-9-7-8-10-12(11)21(17,18)16(5)6/h7-10H,1-6H3. The molecule has 1 aliphatic heterocycles. The van der Waals surface area contributed by atoms with Crippen molar-refractivity contribution in [1.29, 1.82) is 0 Å². The highest BCUT2D eigenvalue weighted by molar-refractivity contribution is 7.89. The van der Waals surface area contributed by atoms with Crippen molar-refractivity contribution < 1.29 is 17.7 Å². The van der Waals surface area contributed by atoms with Gasteiger partial charge in [-0.2, -0.15) is 0 Å². The molecule has 2 rings (SSSR count). The molecule has 1 fully saturated rings. The van der Waals surface area contributed by atoms with Crippen molar-refractivity contribution in [3.05, 3.63) is 24.3 Å². The molecule has 0 bridgehead atoms. The van der Waals surface area contributed by atoms with Crippen LogP contribution in [0.4, 0.5) is 0 Å². The van der Waals surface area contributed by atoms with Gasteiger partial charge in [0.15, 0.2) is 0 Å². The minimum Gasteiger partial charge on any atom is -0.399 e. The Hall–Kier alpha value is -0.885. The van der Waals surface area contributed by atoms with Crippen LogP contribution in [0.2, 0.25) is 0 Å². The molecule has 116 valence electrons. The Labute approximate surface area is 127 Å². The Morgan fingerprint density at radius 2 is 1.48 bits per heavy atom. The molecule has 0 radical (unpaired) electrons. The van der Waals surface area contributed by atoms with Crippen molar-refractivity contribution >= 4 is 22.6 Å². The normalized spacial score (nSPS) is 21.0. The number of nitrogens with zero attached hydrogens (tertiary/aromatic N) is 1. The average molecular weight is 311 g/mol. The Morgan fingerprint density at radius 3 is 1.95 bits per heavy atom. The zero-order valence-corrected chi connectivity index (χ0v) is 14.2. The van der Waals surface area contributed by atoms with E-state index in [2.05, 4.69) is 0 Å². The van der Waals surface area contributed by atoms with E-state index in [0.717, 1.165) is 0 Å². The van der Waals surface area contributed by atoms with Crippen molar-refractivity contribution in [3.63, 3.8) is 0 Å². The molecule has 5 nitrogen and oxygen atoms in total. The quantitative estimate of drug-likeness (QED) is 0.788. The van der Waals surface area contributed by atoms with Crippen LogP contribution in [-0.2, 0) is 19.3 Å². The molecule has 7 heteroatoms. The highest BCUT2D eigenvalue weighted by atomic mass is 32.2. The Kier molecular flexibility index (Phi) is 3.99. The van der Waals surface area contributed by atoms with Crippen LogP contribution in [0.5, 0.6) is 0 Å². The molecule has 1 saturated heterocycles. The van der Waals surface area contributed by atoms with Crippen LogP contribution in [0.15, 0.2) is 29.2 Å². The van der Waals surface area contributed by atoms with Gasteiger partial charge in [-0.1, -0.05) is 18.2 Å². The fraction of sp³-hybridized carbons (Fsp3) is 0.571. The van der Waals surface area contributed by atoms with Gasteiger partial charge in [-0.25, -0.2) is 12.7 Å². The number of sulfonamides is 1. The van der Waals surface area contributed by atoms with Crippen LogP contribution in [0.3, 0.4) is 0 Å². The molecule has 0 amide bonds. The molecule has 0 aromatic heterocycles. The summed E-state index contributed by atoms with van der Waals surface area (Å²) in [4.78, 5) is 0.216. The Balaban J connectivity index is 2.49. The highest BCUT2D eigenvalue weighted by Gasteiger charge is 2.52. The van der Waals surface area contributed by atoms with E-state index in [0.29, 0.717) is 5.46 Å². The molecule has 1 aromatic rings. The van der Waals surface area contributed by atoms with Gasteiger partial charge in [0.05, 0.1) is 16.1 Å². The lowest BCUT2D eigenvalue weighted by Gasteiger charge is -2.32. The van der Waals surface area contributed by atoms with Crippen molar-refractivity contribution in [3.8, 4) is 0 Å². The largest absolute Gasteiger partial charge is 0.496 e. The van der Waals surface area contributed by atoms with Gasteiger partial charge in [-0.05, 0) is 33.8 Å². The summed E-state index contributed by atoms with van der Waals surface area (Å²) in [6.07, 6.45) is 0. The summed E-state index contributed by atoms with van der Waals surface area (Å²) in [6.45, 7) is 7.76. The molecule has 0 aliphatic carbocycles. The molecule has 21 heavy (non-hydrogen) atoms. The number of hydrogen-bond acceptors (Lipinski definition) is 4. The lowest BCUT2D eigenvalue weighted by Crippen LogP contribution is -2.41. The molecule has 0 unspecified atom stereocenters.